The van der Waals surface area contributed by atoms with E-state index in [0.717, 1.165) is 18.2 Å². The van der Waals surface area contributed by atoms with Crippen molar-refractivity contribution in [3.05, 3.63) is 64.7 Å². The number of benzene rings is 2. The Hall–Kier alpha value is -2.80. The average molecular weight is 411 g/mol. The molecule has 0 unspecified atom stereocenters. The van der Waals surface area contributed by atoms with E-state index in [-0.39, 0.29) is 17.4 Å². The molecule has 148 valence electrons. The van der Waals surface area contributed by atoms with Crippen molar-refractivity contribution in [2.45, 2.75) is 20.0 Å². The summed E-state index contributed by atoms with van der Waals surface area (Å²) in [6.07, 6.45) is -2.19. The first-order valence-electron chi connectivity index (χ1n) is 8.33. The molecular formula is C20H18ClF3N2O2. The van der Waals surface area contributed by atoms with Crippen LogP contribution in [-0.2, 0) is 15.8 Å². The van der Waals surface area contributed by atoms with Gasteiger partial charge < -0.3 is 10.6 Å². The van der Waals surface area contributed by atoms with Crippen molar-refractivity contribution >= 4 is 40.9 Å². The van der Waals surface area contributed by atoms with Crippen LogP contribution in [0.25, 0.3) is 6.08 Å². The molecule has 0 bridgehead atoms. The Bertz CT molecular complexity index is 891. The maximum Gasteiger partial charge on any atom is 0.417 e. The van der Waals surface area contributed by atoms with Gasteiger partial charge in [-0.1, -0.05) is 31.5 Å². The number of hydrogen-bond donors (Lipinski definition) is 2. The quantitative estimate of drug-likeness (QED) is 0.630. The van der Waals surface area contributed by atoms with E-state index in [1.54, 1.807) is 38.1 Å². The molecule has 0 heterocycles. The van der Waals surface area contributed by atoms with E-state index in [0.29, 0.717) is 11.4 Å². The second kappa shape index (κ2) is 8.93. The molecule has 28 heavy (non-hydrogen) atoms. The molecule has 2 aromatic carbocycles. The summed E-state index contributed by atoms with van der Waals surface area (Å²) >= 11 is 5.56. The molecular weight excluding hydrogens is 393 g/mol. The number of hydrogen-bond acceptors (Lipinski definition) is 2. The third-order valence-electron chi connectivity index (χ3n) is 3.67. The molecule has 0 radical (unpaired) electrons. The molecule has 2 rings (SSSR count). The highest BCUT2D eigenvalue weighted by molar-refractivity contribution is 6.31. The largest absolute Gasteiger partial charge is 0.417 e. The lowest BCUT2D eigenvalue weighted by Crippen LogP contribution is -2.17. The molecule has 4 nitrogen and oxygen atoms in total. The number of nitrogens with one attached hydrogen (secondary N) is 2. The van der Waals surface area contributed by atoms with Gasteiger partial charge in [-0.05, 0) is 48.0 Å². The van der Waals surface area contributed by atoms with Crippen molar-refractivity contribution in [2.24, 2.45) is 5.92 Å². The van der Waals surface area contributed by atoms with E-state index in [4.69, 9.17) is 11.6 Å². The first-order chi connectivity index (χ1) is 13.1. The monoisotopic (exact) mass is 410 g/mol. The minimum Gasteiger partial charge on any atom is -0.326 e. The van der Waals surface area contributed by atoms with Gasteiger partial charge in [0.2, 0.25) is 11.8 Å². The first kappa shape index (κ1) is 21.5. The van der Waals surface area contributed by atoms with Crippen molar-refractivity contribution in [1.82, 2.24) is 0 Å². The van der Waals surface area contributed by atoms with Gasteiger partial charge in [0, 0.05) is 23.4 Å². The van der Waals surface area contributed by atoms with E-state index in [1.807, 2.05) is 0 Å². The van der Waals surface area contributed by atoms with Crippen molar-refractivity contribution in [1.29, 1.82) is 0 Å². The van der Waals surface area contributed by atoms with E-state index in [1.165, 1.54) is 12.1 Å². The molecule has 0 fully saturated rings. The lowest BCUT2D eigenvalue weighted by molar-refractivity contribution is -0.137. The van der Waals surface area contributed by atoms with Crippen LogP contribution in [0.1, 0.15) is 25.0 Å². The Kier molecular flexibility index (Phi) is 6.85. The van der Waals surface area contributed by atoms with Crippen LogP contribution in [0.2, 0.25) is 5.02 Å². The summed E-state index contributed by atoms with van der Waals surface area (Å²) in [4.78, 5) is 23.6. The van der Waals surface area contributed by atoms with Crippen LogP contribution in [0.4, 0.5) is 24.5 Å². The topological polar surface area (TPSA) is 58.2 Å². The van der Waals surface area contributed by atoms with E-state index in [9.17, 15) is 22.8 Å². The molecule has 8 heteroatoms. The number of alkyl halides is 3. The van der Waals surface area contributed by atoms with Crippen molar-refractivity contribution in [2.75, 3.05) is 10.6 Å². The Labute approximate surface area is 165 Å². The molecule has 0 spiro atoms. The molecule has 2 aromatic rings. The molecule has 0 aliphatic heterocycles. The molecule has 0 aliphatic carbocycles. The molecule has 0 atom stereocenters. The van der Waals surface area contributed by atoms with Gasteiger partial charge in [-0.25, -0.2) is 0 Å². The maximum atomic E-state index is 12.9. The summed E-state index contributed by atoms with van der Waals surface area (Å²) in [6, 6.07) is 9.86. The van der Waals surface area contributed by atoms with E-state index in [2.05, 4.69) is 10.6 Å². The summed E-state index contributed by atoms with van der Waals surface area (Å²) in [5.41, 5.74) is 0.298. The van der Waals surface area contributed by atoms with Crippen LogP contribution in [-0.4, -0.2) is 11.8 Å². The number of anilines is 2. The second-order valence-electron chi connectivity index (χ2n) is 6.28. The zero-order chi connectivity index (χ0) is 20.9. The van der Waals surface area contributed by atoms with Gasteiger partial charge in [0.15, 0.2) is 0 Å². The number of rotatable bonds is 5. The van der Waals surface area contributed by atoms with Gasteiger partial charge in [-0.2, -0.15) is 13.2 Å². The summed E-state index contributed by atoms with van der Waals surface area (Å²) in [5, 5.41) is 4.90. The van der Waals surface area contributed by atoms with Crippen LogP contribution in [0, 0.1) is 5.92 Å². The molecule has 0 saturated carbocycles. The summed E-state index contributed by atoms with van der Waals surface area (Å²) < 4.78 is 38.6. The number of carbonyl (C=O) groups is 2. The number of amides is 2. The Morgan fingerprint density at radius 2 is 1.57 bits per heavy atom. The second-order valence-corrected chi connectivity index (χ2v) is 6.69. The standard InChI is InChI=1S/C20H18ClF3N2O2/c1-12(2)19(28)26-15-7-5-14(6-8-15)25-18(27)10-4-13-3-9-17(21)16(11-13)20(22,23)24/h3-12H,1-2H3,(H,25,27)(H,26,28)/b10-4+. The van der Waals surface area contributed by atoms with Crippen LogP contribution in [0.3, 0.4) is 0 Å². The van der Waals surface area contributed by atoms with E-state index < -0.39 is 22.7 Å². The van der Waals surface area contributed by atoms with Crippen molar-refractivity contribution < 1.29 is 22.8 Å². The van der Waals surface area contributed by atoms with Crippen LogP contribution < -0.4 is 10.6 Å². The van der Waals surface area contributed by atoms with Gasteiger partial charge in [0.1, 0.15) is 0 Å². The average Bonchev–Trinajstić information content (AvgIpc) is 2.61. The fraction of sp³-hybridized carbons (Fsp3) is 0.200. The third kappa shape index (κ3) is 6.13. The minimum absolute atomic E-state index is 0.124. The number of carbonyl (C=O) groups excluding carboxylic acids is 2. The summed E-state index contributed by atoms with van der Waals surface area (Å²) in [6.45, 7) is 3.54. The van der Waals surface area contributed by atoms with Gasteiger partial charge in [-0.3, -0.25) is 9.59 Å². The smallest absolute Gasteiger partial charge is 0.326 e. The SMILES string of the molecule is CC(C)C(=O)Nc1ccc(NC(=O)/C=C/c2ccc(Cl)c(C(F)(F)F)c2)cc1. The predicted molar refractivity (Wildman–Crippen MR) is 104 cm³/mol. The fourth-order valence-electron chi connectivity index (χ4n) is 2.14. The highest BCUT2D eigenvalue weighted by Gasteiger charge is 2.33. The zero-order valence-electron chi connectivity index (χ0n) is 15.1. The Morgan fingerprint density at radius 3 is 2.11 bits per heavy atom. The minimum atomic E-state index is -4.57. The van der Waals surface area contributed by atoms with Gasteiger partial charge in [0.05, 0.1) is 10.6 Å². The lowest BCUT2D eigenvalue weighted by atomic mass is 10.1. The summed E-state index contributed by atoms with van der Waals surface area (Å²) in [7, 11) is 0. The molecule has 0 saturated heterocycles. The van der Waals surface area contributed by atoms with Gasteiger partial charge in [0.25, 0.3) is 0 Å². The fourth-order valence-corrected chi connectivity index (χ4v) is 2.37. The zero-order valence-corrected chi connectivity index (χ0v) is 15.9. The highest BCUT2D eigenvalue weighted by atomic mass is 35.5. The maximum absolute atomic E-state index is 12.9. The molecule has 0 aliphatic rings. The van der Waals surface area contributed by atoms with Crippen LogP contribution in [0.15, 0.2) is 48.5 Å². The molecule has 2 amide bonds. The normalized spacial score (nSPS) is 11.7. The first-order valence-corrected chi connectivity index (χ1v) is 8.71. The Balaban J connectivity index is 2.01. The Morgan fingerprint density at radius 1 is 1.00 bits per heavy atom. The predicted octanol–water partition coefficient (Wildman–Crippen LogP) is 5.61. The molecule has 0 aromatic heterocycles. The third-order valence-corrected chi connectivity index (χ3v) is 4.00. The van der Waals surface area contributed by atoms with E-state index >= 15 is 0 Å². The van der Waals surface area contributed by atoms with Crippen LogP contribution in [0.5, 0.6) is 0 Å². The van der Waals surface area contributed by atoms with Gasteiger partial charge >= 0.3 is 6.18 Å². The lowest BCUT2D eigenvalue weighted by Gasteiger charge is -2.09. The summed E-state index contributed by atoms with van der Waals surface area (Å²) in [5.74, 6) is -0.793. The van der Waals surface area contributed by atoms with Crippen molar-refractivity contribution in [3.8, 4) is 0 Å². The van der Waals surface area contributed by atoms with Crippen LogP contribution >= 0.6 is 11.6 Å². The molecule has 2 N–H and O–H groups in total. The van der Waals surface area contributed by atoms with Gasteiger partial charge in [-0.15, -0.1) is 0 Å². The van der Waals surface area contributed by atoms with Crippen molar-refractivity contribution in [3.63, 3.8) is 0 Å². The number of halogens is 4. The highest BCUT2D eigenvalue weighted by Crippen LogP contribution is 2.35.